The predicted octanol–water partition coefficient (Wildman–Crippen LogP) is 2.51. The van der Waals surface area contributed by atoms with Crippen LogP contribution in [0.25, 0.3) is 0 Å². The minimum absolute atomic E-state index is 0.0366. The van der Waals surface area contributed by atoms with Crippen LogP contribution < -0.4 is 4.90 Å². The molecule has 2 aromatic heterocycles. The summed E-state index contributed by atoms with van der Waals surface area (Å²) in [7, 11) is 0. The number of hydrogen-bond acceptors (Lipinski definition) is 4. The molecule has 2 aromatic rings. The second-order valence-corrected chi connectivity index (χ2v) is 4.26. The van der Waals surface area contributed by atoms with Gasteiger partial charge in [-0.1, -0.05) is 11.6 Å². The fourth-order valence-electron chi connectivity index (χ4n) is 1.70. The van der Waals surface area contributed by atoms with Crippen molar-refractivity contribution in [3.8, 4) is 0 Å². The van der Waals surface area contributed by atoms with Crippen molar-refractivity contribution >= 4 is 35.0 Å². The number of rotatable bonds is 3. The van der Waals surface area contributed by atoms with Crippen molar-refractivity contribution in [2.75, 3.05) is 4.90 Å². The number of carboxylic acid groups (broad SMARTS) is 1. The van der Waals surface area contributed by atoms with Gasteiger partial charge in [-0.15, -0.1) is 0 Å². The number of aromatic nitrogens is 2. The molecule has 102 valence electrons. The lowest BCUT2D eigenvalue weighted by molar-refractivity contribution is -0.115. The van der Waals surface area contributed by atoms with E-state index in [0.717, 1.165) is 4.90 Å². The summed E-state index contributed by atoms with van der Waals surface area (Å²) in [6.45, 7) is 1.31. The number of carbonyl (C=O) groups is 2. The van der Waals surface area contributed by atoms with Crippen molar-refractivity contribution in [1.82, 2.24) is 9.97 Å². The highest BCUT2D eigenvalue weighted by atomic mass is 35.5. The van der Waals surface area contributed by atoms with Crippen molar-refractivity contribution in [3.63, 3.8) is 0 Å². The largest absolute Gasteiger partial charge is 0.478 e. The normalized spacial score (nSPS) is 10.1. The standard InChI is InChI=1S/C13H10ClN3O3/c1-8(18)17(9-3-2-6-15-7-9)12-10(13(19)20)4-5-11(14)16-12/h2-7H,1H3,(H,19,20). The molecular weight excluding hydrogens is 282 g/mol. The van der Waals surface area contributed by atoms with E-state index in [9.17, 15) is 14.7 Å². The van der Waals surface area contributed by atoms with Gasteiger partial charge in [0.2, 0.25) is 5.91 Å². The van der Waals surface area contributed by atoms with Gasteiger partial charge in [0.25, 0.3) is 0 Å². The molecular formula is C13H10ClN3O3. The summed E-state index contributed by atoms with van der Waals surface area (Å²) in [5, 5.41) is 9.29. The maximum Gasteiger partial charge on any atom is 0.339 e. The number of nitrogens with zero attached hydrogens (tertiary/aromatic N) is 3. The number of halogens is 1. The summed E-state index contributed by atoms with van der Waals surface area (Å²) >= 11 is 5.80. The van der Waals surface area contributed by atoms with E-state index in [4.69, 9.17) is 11.6 Å². The first kappa shape index (κ1) is 14.0. The van der Waals surface area contributed by atoms with Crippen molar-refractivity contribution in [2.45, 2.75) is 6.92 Å². The number of carbonyl (C=O) groups excluding carboxylic acids is 1. The van der Waals surface area contributed by atoms with Crippen LogP contribution in [0.2, 0.25) is 5.15 Å². The second-order valence-electron chi connectivity index (χ2n) is 3.88. The summed E-state index contributed by atoms with van der Waals surface area (Å²) in [5.74, 6) is -1.62. The molecule has 0 radical (unpaired) electrons. The minimum atomic E-state index is -1.20. The highest BCUT2D eigenvalue weighted by Gasteiger charge is 2.23. The number of pyridine rings is 2. The van der Waals surface area contributed by atoms with Gasteiger partial charge in [0.1, 0.15) is 10.7 Å². The van der Waals surface area contributed by atoms with Crippen LogP contribution in [0.5, 0.6) is 0 Å². The van der Waals surface area contributed by atoms with E-state index in [1.807, 2.05) is 0 Å². The monoisotopic (exact) mass is 291 g/mol. The molecule has 0 spiro atoms. The van der Waals surface area contributed by atoms with Gasteiger partial charge in [0.05, 0.1) is 11.9 Å². The number of hydrogen-bond donors (Lipinski definition) is 1. The molecule has 2 rings (SSSR count). The molecule has 20 heavy (non-hydrogen) atoms. The van der Waals surface area contributed by atoms with Crippen LogP contribution in [-0.2, 0) is 4.79 Å². The third-order valence-corrected chi connectivity index (χ3v) is 2.71. The molecule has 6 nitrogen and oxygen atoms in total. The van der Waals surface area contributed by atoms with Crippen LogP contribution >= 0.6 is 11.6 Å². The lowest BCUT2D eigenvalue weighted by atomic mass is 10.2. The molecule has 0 unspecified atom stereocenters. The number of carboxylic acids is 1. The van der Waals surface area contributed by atoms with Crippen LogP contribution in [-0.4, -0.2) is 27.0 Å². The summed E-state index contributed by atoms with van der Waals surface area (Å²) in [6.07, 6.45) is 2.99. The molecule has 0 aliphatic carbocycles. The first-order valence-corrected chi connectivity index (χ1v) is 5.99. The third-order valence-electron chi connectivity index (χ3n) is 2.50. The van der Waals surface area contributed by atoms with Gasteiger partial charge < -0.3 is 5.11 Å². The Labute approximate surface area is 119 Å². The van der Waals surface area contributed by atoms with Gasteiger partial charge in [0.15, 0.2) is 5.82 Å². The molecule has 0 atom stereocenters. The van der Waals surface area contributed by atoms with Gasteiger partial charge in [-0.05, 0) is 24.3 Å². The zero-order valence-electron chi connectivity index (χ0n) is 10.4. The van der Waals surface area contributed by atoms with Gasteiger partial charge in [-0.2, -0.15) is 0 Å². The van der Waals surface area contributed by atoms with E-state index in [1.54, 1.807) is 18.3 Å². The Kier molecular flexibility index (Phi) is 3.95. The summed E-state index contributed by atoms with van der Waals surface area (Å²) in [5.41, 5.74) is 0.297. The summed E-state index contributed by atoms with van der Waals surface area (Å²) in [6, 6.07) is 5.92. The Hall–Kier alpha value is -2.47. The van der Waals surface area contributed by atoms with Crippen molar-refractivity contribution in [3.05, 3.63) is 47.4 Å². The van der Waals surface area contributed by atoms with E-state index in [1.165, 1.54) is 25.3 Å². The molecule has 0 saturated heterocycles. The molecule has 0 bridgehead atoms. The summed E-state index contributed by atoms with van der Waals surface area (Å²) in [4.78, 5) is 32.1. The van der Waals surface area contributed by atoms with E-state index < -0.39 is 11.9 Å². The zero-order valence-corrected chi connectivity index (χ0v) is 11.2. The fourth-order valence-corrected chi connectivity index (χ4v) is 1.84. The van der Waals surface area contributed by atoms with E-state index in [0.29, 0.717) is 5.69 Å². The molecule has 0 aromatic carbocycles. The van der Waals surface area contributed by atoms with Crippen LogP contribution in [0.1, 0.15) is 17.3 Å². The van der Waals surface area contributed by atoms with Crippen LogP contribution in [0.4, 0.5) is 11.5 Å². The minimum Gasteiger partial charge on any atom is -0.478 e. The number of amides is 1. The smallest absolute Gasteiger partial charge is 0.339 e. The molecule has 7 heteroatoms. The van der Waals surface area contributed by atoms with Crippen molar-refractivity contribution in [1.29, 1.82) is 0 Å². The first-order chi connectivity index (χ1) is 9.50. The SMILES string of the molecule is CC(=O)N(c1cccnc1)c1nc(Cl)ccc1C(=O)O. The lowest BCUT2D eigenvalue weighted by Gasteiger charge is -2.21. The number of anilines is 2. The molecule has 1 amide bonds. The Morgan fingerprint density at radius 2 is 2.05 bits per heavy atom. The predicted molar refractivity (Wildman–Crippen MR) is 73.3 cm³/mol. The van der Waals surface area contributed by atoms with Crippen molar-refractivity contribution < 1.29 is 14.7 Å². The quantitative estimate of drug-likeness (QED) is 0.879. The second kappa shape index (κ2) is 5.66. The molecule has 0 fully saturated rings. The van der Waals surface area contributed by atoms with Crippen LogP contribution in [0.3, 0.4) is 0 Å². The Balaban J connectivity index is 2.64. The Bertz CT molecular complexity index is 661. The maximum atomic E-state index is 11.9. The lowest BCUT2D eigenvalue weighted by Crippen LogP contribution is -2.26. The third kappa shape index (κ3) is 2.75. The van der Waals surface area contributed by atoms with E-state index in [-0.39, 0.29) is 16.5 Å². The van der Waals surface area contributed by atoms with E-state index in [2.05, 4.69) is 9.97 Å². The van der Waals surface area contributed by atoms with Gasteiger partial charge in [-0.25, -0.2) is 9.78 Å². The highest BCUT2D eigenvalue weighted by molar-refractivity contribution is 6.29. The fraction of sp³-hybridized carbons (Fsp3) is 0.0769. The number of aromatic carboxylic acids is 1. The van der Waals surface area contributed by atoms with Gasteiger partial charge in [-0.3, -0.25) is 14.7 Å². The first-order valence-electron chi connectivity index (χ1n) is 5.61. The Morgan fingerprint density at radius 1 is 1.30 bits per heavy atom. The molecule has 0 aliphatic heterocycles. The maximum absolute atomic E-state index is 11.9. The van der Waals surface area contributed by atoms with Crippen LogP contribution in [0.15, 0.2) is 36.7 Å². The van der Waals surface area contributed by atoms with Gasteiger partial charge >= 0.3 is 5.97 Å². The summed E-state index contributed by atoms with van der Waals surface area (Å²) < 4.78 is 0. The molecule has 1 N–H and O–H groups in total. The molecule has 0 aliphatic rings. The molecule has 0 saturated carbocycles. The highest BCUT2D eigenvalue weighted by Crippen LogP contribution is 2.28. The van der Waals surface area contributed by atoms with Crippen LogP contribution in [0, 0.1) is 0 Å². The van der Waals surface area contributed by atoms with E-state index >= 15 is 0 Å². The van der Waals surface area contributed by atoms with Crippen molar-refractivity contribution in [2.24, 2.45) is 0 Å². The Morgan fingerprint density at radius 3 is 2.60 bits per heavy atom. The van der Waals surface area contributed by atoms with Gasteiger partial charge in [0, 0.05) is 13.1 Å². The molecule has 2 heterocycles. The average Bonchev–Trinajstić information content (AvgIpc) is 2.39. The average molecular weight is 292 g/mol. The zero-order chi connectivity index (χ0) is 14.7. The topological polar surface area (TPSA) is 83.4 Å².